The van der Waals surface area contributed by atoms with Gasteiger partial charge in [0.15, 0.2) is 10.1 Å². The van der Waals surface area contributed by atoms with Crippen LogP contribution in [0.5, 0.6) is 0 Å². The Bertz CT molecular complexity index is 633. The number of anilines is 1. The van der Waals surface area contributed by atoms with Crippen LogP contribution in [0.25, 0.3) is 0 Å². The quantitative estimate of drug-likeness (QED) is 0.420. The monoisotopic (exact) mass is 355 g/mol. The Balaban J connectivity index is 1.94. The van der Waals surface area contributed by atoms with Gasteiger partial charge in [-0.25, -0.2) is 0 Å². The third kappa shape index (κ3) is 4.97. The maximum Gasteiger partial charge on any atom is 0.206 e. The molecule has 0 fully saturated rings. The van der Waals surface area contributed by atoms with Crippen LogP contribution in [-0.4, -0.2) is 27.8 Å². The van der Waals surface area contributed by atoms with Crippen LogP contribution in [0.3, 0.4) is 0 Å². The fourth-order valence-electron chi connectivity index (χ4n) is 1.78. The number of ketones is 1. The molecule has 2 rings (SSSR count). The molecule has 1 heterocycles. The van der Waals surface area contributed by atoms with E-state index in [-0.39, 0.29) is 11.0 Å². The average Bonchev–Trinajstić information content (AvgIpc) is 2.94. The summed E-state index contributed by atoms with van der Waals surface area (Å²) in [4.78, 5) is 12.4. The molecule has 0 aliphatic rings. The first-order valence-corrected chi connectivity index (χ1v) is 9.21. The normalized spacial score (nSPS) is 12.1. The Morgan fingerprint density at radius 1 is 1.45 bits per heavy atom. The van der Waals surface area contributed by atoms with Gasteiger partial charge in [-0.1, -0.05) is 60.2 Å². The molecule has 1 aromatic heterocycles. The Hall–Kier alpha value is -1.11. The average molecular weight is 356 g/mol. The molecule has 2 aromatic rings. The van der Waals surface area contributed by atoms with Crippen LogP contribution in [0.15, 0.2) is 28.6 Å². The minimum Gasteiger partial charge on any atom is -0.360 e. The fraction of sp³-hybridized carbons (Fsp3) is 0.400. The van der Waals surface area contributed by atoms with Crippen LogP contribution in [0.2, 0.25) is 5.02 Å². The number of carbonyl (C=O) groups is 1. The second-order valence-electron chi connectivity index (χ2n) is 4.79. The van der Waals surface area contributed by atoms with Gasteiger partial charge >= 0.3 is 0 Å². The van der Waals surface area contributed by atoms with E-state index in [0.717, 1.165) is 28.9 Å². The number of nitrogens with zero attached hydrogens (tertiary/aromatic N) is 2. The molecule has 0 amide bonds. The third-order valence-electron chi connectivity index (χ3n) is 2.97. The summed E-state index contributed by atoms with van der Waals surface area (Å²) in [5.41, 5.74) is 0.623. The summed E-state index contributed by atoms with van der Waals surface area (Å²) in [6, 6.07) is 7.02. The van der Waals surface area contributed by atoms with E-state index in [4.69, 9.17) is 11.6 Å². The van der Waals surface area contributed by atoms with Crippen LogP contribution in [0.1, 0.15) is 37.0 Å². The SMILES string of the molecule is CCCCNc1nnc(SC(C)C(=O)c2cccc(Cl)c2)s1. The summed E-state index contributed by atoms with van der Waals surface area (Å²) in [5.74, 6) is 0.0446. The number of Topliss-reactive ketones (excluding diaryl/α,β-unsaturated/α-hetero) is 1. The molecular formula is C15H18ClN3OS2. The van der Waals surface area contributed by atoms with Gasteiger partial charge in [-0.05, 0) is 25.5 Å². The smallest absolute Gasteiger partial charge is 0.206 e. The predicted molar refractivity (Wildman–Crippen MR) is 94.4 cm³/mol. The molecule has 1 atom stereocenters. The van der Waals surface area contributed by atoms with E-state index >= 15 is 0 Å². The van der Waals surface area contributed by atoms with Crippen molar-refractivity contribution in [2.24, 2.45) is 0 Å². The Kier molecular flexibility index (Phi) is 6.67. The summed E-state index contributed by atoms with van der Waals surface area (Å²) < 4.78 is 0.793. The van der Waals surface area contributed by atoms with E-state index in [1.54, 1.807) is 24.3 Å². The van der Waals surface area contributed by atoms with E-state index < -0.39 is 0 Å². The molecule has 1 unspecified atom stereocenters. The zero-order chi connectivity index (χ0) is 15.9. The van der Waals surface area contributed by atoms with E-state index in [0.29, 0.717) is 10.6 Å². The molecule has 118 valence electrons. The lowest BCUT2D eigenvalue weighted by Gasteiger charge is -2.08. The highest BCUT2D eigenvalue weighted by atomic mass is 35.5. The van der Waals surface area contributed by atoms with Crippen molar-refractivity contribution in [3.05, 3.63) is 34.9 Å². The molecule has 0 aliphatic heterocycles. The highest BCUT2D eigenvalue weighted by Crippen LogP contribution is 2.30. The van der Waals surface area contributed by atoms with Crippen LogP contribution in [0.4, 0.5) is 5.13 Å². The van der Waals surface area contributed by atoms with Crippen molar-refractivity contribution < 1.29 is 4.79 Å². The van der Waals surface area contributed by atoms with Crippen LogP contribution in [0, 0.1) is 0 Å². The number of aromatic nitrogens is 2. The number of hydrogen-bond acceptors (Lipinski definition) is 6. The summed E-state index contributed by atoms with van der Waals surface area (Å²) >= 11 is 8.83. The lowest BCUT2D eigenvalue weighted by atomic mass is 10.1. The first-order valence-electron chi connectivity index (χ1n) is 7.14. The van der Waals surface area contributed by atoms with Gasteiger partial charge in [0.1, 0.15) is 0 Å². The largest absolute Gasteiger partial charge is 0.360 e. The first kappa shape index (κ1) is 17.2. The highest BCUT2D eigenvalue weighted by molar-refractivity contribution is 8.02. The topological polar surface area (TPSA) is 54.9 Å². The minimum atomic E-state index is -0.227. The van der Waals surface area contributed by atoms with Gasteiger partial charge in [-0.3, -0.25) is 4.79 Å². The van der Waals surface area contributed by atoms with Crippen molar-refractivity contribution >= 4 is 45.6 Å². The number of nitrogens with one attached hydrogen (secondary N) is 1. The maximum atomic E-state index is 12.4. The van der Waals surface area contributed by atoms with Gasteiger partial charge in [0, 0.05) is 17.1 Å². The highest BCUT2D eigenvalue weighted by Gasteiger charge is 2.19. The first-order chi connectivity index (χ1) is 10.6. The Morgan fingerprint density at radius 2 is 2.27 bits per heavy atom. The number of rotatable bonds is 8. The molecule has 7 heteroatoms. The van der Waals surface area contributed by atoms with Gasteiger partial charge in [0.25, 0.3) is 0 Å². The molecule has 4 nitrogen and oxygen atoms in total. The van der Waals surface area contributed by atoms with Crippen LogP contribution >= 0.6 is 34.7 Å². The van der Waals surface area contributed by atoms with E-state index in [1.165, 1.54) is 23.1 Å². The van der Waals surface area contributed by atoms with Gasteiger partial charge < -0.3 is 5.32 Å². The number of halogens is 1. The molecule has 0 bridgehead atoms. The maximum absolute atomic E-state index is 12.4. The Morgan fingerprint density at radius 3 is 3.00 bits per heavy atom. The molecule has 1 aromatic carbocycles. The lowest BCUT2D eigenvalue weighted by molar-refractivity contribution is 0.0994. The number of thioether (sulfide) groups is 1. The van der Waals surface area contributed by atoms with Gasteiger partial charge in [0.05, 0.1) is 5.25 Å². The van der Waals surface area contributed by atoms with Crippen LogP contribution < -0.4 is 5.32 Å². The van der Waals surface area contributed by atoms with Crippen molar-refractivity contribution in [2.75, 3.05) is 11.9 Å². The van der Waals surface area contributed by atoms with Gasteiger partial charge in [-0.15, -0.1) is 10.2 Å². The summed E-state index contributed by atoms with van der Waals surface area (Å²) in [7, 11) is 0. The van der Waals surface area contributed by atoms with Crippen molar-refractivity contribution in [1.82, 2.24) is 10.2 Å². The van der Waals surface area contributed by atoms with Crippen molar-refractivity contribution in [3.8, 4) is 0 Å². The number of hydrogen-bond donors (Lipinski definition) is 1. The lowest BCUT2D eigenvalue weighted by Crippen LogP contribution is -2.13. The molecule has 0 aliphatic carbocycles. The zero-order valence-corrected chi connectivity index (χ0v) is 14.9. The minimum absolute atomic E-state index is 0.0446. The second-order valence-corrected chi connectivity index (χ2v) is 7.79. The van der Waals surface area contributed by atoms with Crippen molar-refractivity contribution in [3.63, 3.8) is 0 Å². The third-order valence-corrected chi connectivity index (χ3v) is 5.27. The molecular weight excluding hydrogens is 338 g/mol. The van der Waals surface area contributed by atoms with Crippen molar-refractivity contribution in [2.45, 2.75) is 36.3 Å². The molecule has 0 radical (unpaired) electrons. The standard InChI is InChI=1S/C15H18ClN3OS2/c1-3-4-8-17-14-18-19-15(22-14)21-10(2)13(20)11-6-5-7-12(16)9-11/h5-7,9-10H,3-4,8H2,1-2H3,(H,17,18). The zero-order valence-electron chi connectivity index (χ0n) is 12.5. The van der Waals surface area contributed by atoms with E-state index in [1.807, 2.05) is 6.92 Å². The molecule has 22 heavy (non-hydrogen) atoms. The van der Waals surface area contributed by atoms with Gasteiger partial charge in [-0.2, -0.15) is 0 Å². The number of carbonyl (C=O) groups excluding carboxylic acids is 1. The summed E-state index contributed by atoms with van der Waals surface area (Å²) in [6.07, 6.45) is 2.24. The molecule has 0 saturated heterocycles. The second kappa shape index (κ2) is 8.50. The van der Waals surface area contributed by atoms with Crippen LogP contribution in [-0.2, 0) is 0 Å². The fourth-order valence-corrected chi connectivity index (χ4v) is 3.97. The molecule has 0 spiro atoms. The number of unbranched alkanes of at least 4 members (excludes halogenated alkanes) is 1. The summed E-state index contributed by atoms with van der Waals surface area (Å²) in [5, 5.41) is 12.6. The number of benzene rings is 1. The summed E-state index contributed by atoms with van der Waals surface area (Å²) in [6.45, 7) is 4.92. The molecule has 1 N–H and O–H groups in total. The predicted octanol–water partition coefficient (Wildman–Crippen LogP) is 4.77. The van der Waals surface area contributed by atoms with E-state index in [9.17, 15) is 4.79 Å². The van der Waals surface area contributed by atoms with Crippen molar-refractivity contribution in [1.29, 1.82) is 0 Å². The van der Waals surface area contributed by atoms with Gasteiger partial charge in [0.2, 0.25) is 5.13 Å². The molecule has 0 saturated carbocycles. The Labute approximate surface area is 143 Å². The van der Waals surface area contributed by atoms with E-state index in [2.05, 4.69) is 22.4 Å².